The van der Waals surface area contributed by atoms with Gasteiger partial charge in [0.05, 0.1) is 0 Å². The number of carbonyl (C=O) groups is 3. The van der Waals surface area contributed by atoms with E-state index in [1.807, 2.05) is 6.07 Å². The molecule has 0 aromatic heterocycles. The number of esters is 2. The summed E-state index contributed by atoms with van der Waals surface area (Å²) in [7, 11) is 1.30. The van der Waals surface area contributed by atoms with Gasteiger partial charge in [0.1, 0.15) is 29.7 Å². The maximum atomic E-state index is 14.6. The van der Waals surface area contributed by atoms with Crippen molar-refractivity contribution in [3.8, 4) is 0 Å². The van der Waals surface area contributed by atoms with Gasteiger partial charge in [-0.25, -0.2) is 23.2 Å². The second-order valence-corrected chi connectivity index (χ2v) is 10.4. The molecule has 0 radical (unpaired) electrons. The zero-order valence-electron chi connectivity index (χ0n) is 22.1. The third kappa shape index (κ3) is 10.6. The molecular formula is C28H35F2NO6. The van der Waals surface area contributed by atoms with Crippen LogP contribution in [-0.2, 0) is 36.8 Å². The molecule has 2 atom stereocenters. The number of hydrogen-bond acceptors (Lipinski definition) is 6. The number of nitrogens with zero attached hydrogens (tertiary/aromatic N) is 1. The monoisotopic (exact) mass is 519 g/mol. The number of benzene rings is 2. The largest absolute Gasteiger partial charge is 0.458 e. The molecule has 0 spiro atoms. The van der Waals surface area contributed by atoms with E-state index in [2.05, 4.69) is 0 Å². The summed E-state index contributed by atoms with van der Waals surface area (Å²) in [5.41, 5.74) is -1.46. The molecule has 1 amide bonds. The molecule has 9 heteroatoms. The number of halogens is 2. The van der Waals surface area contributed by atoms with Gasteiger partial charge in [-0.3, -0.25) is 4.90 Å². The normalized spacial score (nSPS) is 13.3. The number of amides is 1. The molecule has 0 heterocycles. The van der Waals surface area contributed by atoms with Crippen LogP contribution in [0.25, 0.3) is 0 Å². The first-order valence-electron chi connectivity index (χ1n) is 11.9. The van der Waals surface area contributed by atoms with Crippen molar-refractivity contribution in [2.24, 2.45) is 0 Å². The Morgan fingerprint density at radius 3 is 2.03 bits per heavy atom. The van der Waals surface area contributed by atoms with Crippen molar-refractivity contribution in [2.45, 2.75) is 77.5 Å². The van der Waals surface area contributed by atoms with Gasteiger partial charge in [0, 0.05) is 19.9 Å². The summed E-state index contributed by atoms with van der Waals surface area (Å²) in [5, 5.41) is 0. The van der Waals surface area contributed by atoms with E-state index in [1.54, 1.807) is 45.0 Å². The fraction of sp³-hybridized carbons (Fsp3) is 0.464. The van der Waals surface area contributed by atoms with Crippen LogP contribution in [0.2, 0.25) is 0 Å². The summed E-state index contributed by atoms with van der Waals surface area (Å²) in [6.07, 6.45) is -2.77. The van der Waals surface area contributed by atoms with Crippen LogP contribution in [0.5, 0.6) is 0 Å². The fourth-order valence-corrected chi connectivity index (χ4v) is 3.35. The number of ether oxygens (including phenoxy) is 3. The summed E-state index contributed by atoms with van der Waals surface area (Å²) in [4.78, 5) is 39.8. The van der Waals surface area contributed by atoms with Crippen molar-refractivity contribution in [3.63, 3.8) is 0 Å². The van der Waals surface area contributed by atoms with Crippen LogP contribution in [-0.4, -0.2) is 53.4 Å². The standard InChI is InChI=1S/C28H35F2NO6/c1-27(2,3)37-26(34)31(6)22(17-28(4,5)30)24(32)36-23(16-19-12-14-21(29)15-13-19)25(33)35-18-20-10-8-7-9-11-20/h7-15,22-23H,16-18H2,1-6H3/t22-,23?/m0/s1. The molecule has 2 rings (SSSR count). The average molecular weight is 520 g/mol. The van der Waals surface area contributed by atoms with Crippen LogP contribution in [0.1, 0.15) is 52.2 Å². The summed E-state index contributed by atoms with van der Waals surface area (Å²) in [6.45, 7) is 7.45. The van der Waals surface area contributed by atoms with Crippen LogP contribution in [0, 0.1) is 5.82 Å². The lowest BCUT2D eigenvalue weighted by atomic mass is 10.00. The molecule has 1 unspecified atom stereocenters. The van der Waals surface area contributed by atoms with E-state index < -0.39 is 53.7 Å². The molecule has 0 aliphatic carbocycles. The molecule has 0 N–H and O–H groups in total. The highest BCUT2D eigenvalue weighted by molar-refractivity contribution is 5.85. The molecule has 0 aliphatic rings. The Morgan fingerprint density at radius 1 is 0.892 bits per heavy atom. The van der Waals surface area contributed by atoms with E-state index in [0.717, 1.165) is 10.5 Å². The third-order valence-electron chi connectivity index (χ3n) is 5.18. The number of carbonyl (C=O) groups excluding carboxylic acids is 3. The highest BCUT2D eigenvalue weighted by Gasteiger charge is 2.38. The SMILES string of the molecule is CN(C(=O)OC(C)(C)C)[C@@H](CC(C)(C)F)C(=O)OC(Cc1ccc(F)cc1)C(=O)OCc1ccccc1. The summed E-state index contributed by atoms with van der Waals surface area (Å²) in [5.74, 6) is -2.30. The van der Waals surface area contributed by atoms with Gasteiger partial charge in [0.25, 0.3) is 0 Å². The summed E-state index contributed by atoms with van der Waals surface area (Å²) in [6, 6.07) is 12.9. The van der Waals surface area contributed by atoms with Gasteiger partial charge in [0.15, 0.2) is 0 Å². The minimum Gasteiger partial charge on any atom is -0.458 e. The second-order valence-electron chi connectivity index (χ2n) is 10.4. The Labute approximate surface area is 216 Å². The van der Waals surface area contributed by atoms with Crippen LogP contribution < -0.4 is 0 Å². The lowest BCUT2D eigenvalue weighted by Crippen LogP contribution is -2.49. The molecular weight excluding hydrogens is 484 g/mol. The zero-order valence-corrected chi connectivity index (χ0v) is 22.1. The highest BCUT2D eigenvalue weighted by atomic mass is 19.1. The van der Waals surface area contributed by atoms with Crippen molar-refractivity contribution in [1.82, 2.24) is 4.90 Å². The van der Waals surface area contributed by atoms with Gasteiger partial charge in [0.2, 0.25) is 6.10 Å². The van der Waals surface area contributed by atoms with Gasteiger partial charge >= 0.3 is 18.0 Å². The van der Waals surface area contributed by atoms with Gasteiger partial charge in [-0.2, -0.15) is 0 Å². The van der Waals surface area contributed by atoms with E-state index in [4.69, 9.17) is 14.2 Å². The van der Waals surface area contributed by atoms with Crippen LogP contribution in [0.3, 0.4) is 0 Å². The van der Waals surface area contributed by atoms with Crippen LogP contribution in [0.4, 0.5) is 13.6 Å². The Kier molecular flexibility index (Phi) is 10.2. The smallest absolute Gasteiger partial charge is 0.410 e. The van der Waals surface area contributed by atoms with Crippen molar-refractivity contribution in [2.75, 3.05) is 7.05 Å². The first kappa shape index (κ1) is 29.7. The van der Waals surface area contributed by atoms with E-state index in [0.29, 0.717) is 5.56 Å². The number of hydrogen-bond donors (Lipinski definition) is 0. The Bertz CT molecular complexity index is 1050. The van der Waals surface area contributed by atoms with Gasteiger partial charge < -0.3 is 14.2 Å². The predicted octanol–water partition coefficient (Wildman–Crippen LogP) is 5.40. The van der Waals surface area contributed by atoms with Gasteiger partial charge in [-0.1, -0.05) is 42.5 Å². The van der Waals surface area contributed by atoms with Crippen molar-refractivity contribution in [1.29, 1.82) is 0 Å². The van der Waals surface area contributed by atoms with E-state index in [-0.39, 0.29) is 13.0 Å². The molecule has 2 aromatic rings. The zero-order chi connectivity index (χ0) is 27.8. The van der Waals surface area contributed by atoms with Crippen molar-refractivity contribution < 1.29 is 37.4 Å². The first-order valence-corrected chi connectivity index (χ1v) is 11.9. The maximum Gasteiger partial charge on any atom is 0.410 e. The van der Waals surface area contributed by atoms with E-state index in [9.17, 15) is 23.2 Å². The molecule has 0 saturated heterocycles. The van der Waals surface area contributed by atoms with Crippen molar-refractivity contribution >= 4 is 18.0 Å². The molecule has 0 fully saturated rings. The first-order chi connectivity index (χ1) is 17.1. The Balaban J connectivity index is 2.27. The topological polar surface area (TPSA) is 82.1 Å². The lowest BCUT2D eigenvalue weighted by molar-refractivity contribution is -0.172. The van der Waals surface area contributed by atoms with Crippen LogP contribution >= 0.6 is 0 Å². The lowest BCUT2D eigenvalue weighted by Gasteiger charge is -2.32. The predicted molar refractivity (Wildman–Crippen MR) is 134 cm³/mol. The minimum absolute atomic E-state index is 0.0596. The van der Waals surface area contributed by atoms with Crippen molar-refractivity contribution in [3.05, 3.63) is 71.5 Å². The van der Waals surface area contributed by atoms with Crippen LogP contribution in [0.15, 0.2) is 54.6 Å². The number of rotatable bonds is 10. The maximum absolute atomic E-state index is 14.6. The second kappa shape index (κ2) is 12.7. The fourth-order valence-electron chi connectivity index (χ4n) is 3.35. The molecule has 0 saturated carbocycles. The molecule has 0 bridgehead atoms. The van der Waals surface area contributed by atoms with E-state index in [1.165, 1.54) is 45.2 Å². The quantitative estimate of drug-likeness (QED) is 0.309. The van der Waals surface area contributed by atoms with E-state index >= 15 is 0 Å². The Hall–Kier alpha value is -3.49. The highest BCUT2D eigenvalue weighted by Crippen LogP contribution is 2.23. The molecule has 7 nitrogen and oxygen atoms in total. The third-order valence-corrected chi connectivity index (χ3v) is 5.18. The summed E-state index contributed by atoms with van der Waals surface area (Å²) < 4.78 is 44.2. The number of alkyl halides is 1. The number of likely N-dealkylation sites (N-methyl/N-ethyl adjacent to an activating group) is 1. The van der Waals surface area contributed by atoms with Gasteiger partial charge in [-0.05, 0) is 57.9 Å². The molecule has 2 aromatic carbocycles. The van der Waals surface area contributed by atoms with Gasteiger partial charge in [-0.15, -0.1) is 0 Å². The summed E-state index contributed by atoms with van der Waals surface area (Å²) >= 11 is 0. The average Bonchev–Trinajstić information content (AvgIpc) is 2.80. The molecule has 0 aliphatic heterocycles. The Morgan fingerprint density at radius 2 is 1.49 bits per heavy atom. The molecule has 202 valence electrons. The minimum atomic E-state index is -1.85. The molecule has 37 heavy (non-hydrogen) atoms.